The monoisotopic (exact) mass is 391 g/mol. The molecule has 3 N–H and O–H groups in total. The maximum atomic E-state index is 5.83. The summed E-state index contributed by atoms with van der Waals surface area (Å²) in [5.74, 6) is 0. The van der Waals surface area contributed by atoms with Gasteiger partial charge in [-0.3, -0.25) is 0 Å². The summed E-state index contributed by atoms with van der Waals surface area (Å²) in [5.41, 5.74) is 11.8. The van der Waals surface area contributed by atoms with E-state index in [4.69, 9.17) is 5.73 Å². The van der Waals surface area contributed by atoms with Crippen molar-refractivity contribution in [1.29, 1.82) is 0 Å². The zero-order valence-electron chi connectivity index (χ0n) is 13.2. The molecule has 0 aliphatic carbocycles. The van der Waals surface area contributed by atoms with Crippen molar-refractivity contribution in [3.8, 4) is 0 Å². The molecule has 0 saturated carbocycles. The standard InChI is InChI=1S/C19H16N4S.Co/c1-13-2-3-16(21-13)11-17-6-7-19(23-17)12-18-5-4-15(22-18)10-14(20)8-9-24;/h1-12,22,24H,20H2;. The second kappa shape index (κ2) is 8.11. The molecule has 1 aromatic rings. The van der Waals surface area contributed by atoms with Crippen LogP contribution in [0.15, 0.2) is 81.1 Å². The van der Waals surface area contributed by atoms with E-state index in [9.17, 15) is 0 Å². The Labute approximate surface area is 159 Å². The van der Waals surface area contributed by atoms with Crippen molar-refractivity contribution < 1.29 is 15.3 Å². The van der Waals surface area contributed by atoms with Crippen molar-refractivity contribution in [1.82, 2.24) is 4.98 Å². The fraction of sp³-hybridized carbons (Fsp3) is 0. The Morgan fingerprint density at radius 1 is 1.00 bits per heavy atom. The minimum absolute atomic E-state index is 0.631. The van der Waals surface area contributed by atoms with Gasteiger partial charge in [-0.25, -0.2) is 0 Å². The predicted molar refractivity (Wildman–Crippen MR) is 106 cm³/mol. The molecule has 2 aliphatic heterocycles. The average molecular weight is 391 g/mol. The summed E-state index contributed by atoms with van der Waals surface area (Å²) < 4.78 is 0. The quantitative estimate of drug-likeness (QED) is 0.523. The first-order chi connectivity index (χ1) is 12.2. The number of aromatic amines is 1. The molecule has 6 heteroatoms. The number of hydrogen-bond acceptors (Lipinski definition) is 4. The zero-order chi connectivity index (χ0) is 17.6. The molecular weight excluding hydrogens is 375 g/mol. The number of aliphatic imine (C=N–C) groups is 2. The number of H-pyrrole nitrogens is 1. The summed E-state index contributed by atoms with van der Waals surface area (Å²) >= 11 is 8.15. The van der Waals surface area contributed by atoms with E-state index in [-0.39, 0.29) is 0 Å². The second-order valence-corrected chi connectivity index (χ2v) is 5.90. The third-order valence-corrected chi connectivity index (χ3v) is 3.84. The Kier molecular flexibility index (Phi) is 5.65. The zero-order valence-corrected chi connectivity index (χ0v) is 15.1. The molecule has 0 fully saturated rings. The Morgan fingerprint density at radius 2 is 1.68 bits per heavy atom. The summed E-state index contributed by atoms with van der Waals surface area (Å²) in [6, 6.07) is 3.94. The molecule has 0 saturated heterocycles. The Balaban J connectivity index is 1.74. The summed E-state index contributed by atoms with van der Waals surface area (Å²) in [6.07, 6.45) is 15.3. The van der Waals surface area contributed by atoms with Crippen LogP contribution in [0.4, 0.5) is 0 Å². The van der Waals surface area contributed by atoms with Crippen molar-refractivity contribution in [3.05, 3.63) is 82.5 Å². The summed E-state index contributed by atoms with van der Waals surface area (Å²) in [6.45, 7) is 0. The van der Waals surface area contributed by atoms with Crippen LogP contribution in [-0.2, 0) is 15.3 Å². The first-order valence-corrected chi connectivity index (χ1v) is 8.63. The molecule has 4 nitrogen and oxygen atoms in total. The molecule has 0 amide bonds. The van der Waals surface area contributed by atoms with Gasteiger partial charge in [0, 0.05) is 5.70 Å². The number of allylic oxidation sites excluding steroid dienone is 6. The molecule has 0 aromatic carbocycles. The van der Waals surface area contributed by atoms with Gasteiger partial charge in [-0.15, -0.1) is 0 Å². The number of nitrogens with two attached hydrogens (primary N) is 1. The third kappa shape index (κ3) is 4.79. The van der Waals surface area contributed by atoms with Gasteiger partial charge in [-0.2, -0.15) is 12.6 Å². The molecule has 3 rings (SSSR count). The number of thiol groups is 1. The summed E-state index contributed by atoms with van der Waals surface area (Å²) in [4.78, 5) is 13.9. The van der Waals surface area contributed by atoms with Gasteiger partial charge in [0.15, 0.2) is 0 Å². The van der Waals surface area contributed by atoms with Crippen molar-refractivity contribution >= 4 is 41.2 Å². The average Bonchev–Trinajstić information content (AvgIpc) is 3.31. The van der Waals surface area contributed by atoms with Gasteiger partial charge in [-0.05, 0) is 17.6 Å². The SMILES string of the molecule is NC(C=CS)=Cc1ccc(C=C2C=CC(C=C3C=CC([CH]=[Co])=N3)=N2)[nH]1. The number of hydrogen-bond donors (Lipinski definition) is 3. The van der Waals surface area contributed by atoms with Crippen LogP contribution in [0.3, 0.4) is 0 Å². The van der Waals surface area contributed by atoms with Gasteiger partial charge in [0.1, 0.15) is 0 Å². The minimum atomic E-state index is 0.631. The van der Waals surface area contributed by atoms with Crippen molar-refractivity contribution in [2.75, 3.05) is 0 Å². The van der Waals surface area contributed by atoms with Gasteiger partial charge in [0.25, 0.3) is 0 Å². The number of rotatable bonds is 5. The van der Waals surface area contributed by atoms with Crippen molar-refractivity contribution in [3.63, 3.8) is 0 Å². The van der Waals surface area contributed by atoms with E-state index in [2.05, 4.69) is 42.9 Å². The van der Waals surface area contributed by atoms with E-state index >= 15 is 0 Å². The van der Waals surface area contributed by atoms with E-state index in [0.29, 0.717) is 5.70 Å². The van der Waals surface area contributed by atoms with Gasteiger partial charge in [0.05, 0.1) is 0 Å². The first-order valence-electron chi connectivity index (χ1n) is 7.51. The summed E-state index contributed by atoms with van der Waals surface area (Å²) in [5, 5.41) is 1.60. The second-order valence-electron chi connectivity index (χ2n) is 5.30. The van der Waals surface area contributed by atoms with Gasteiger partial charge < -0.3 is 5.73 Å². The number of nitrogens with one attached hydrogen (secondary N) is 1. The molecular formula is C19H16CoN4S. The number of aromatic nitrogens is 1. The summed E-state index contributed by atoms with van der Waals surface area (Å²) in [7, 11) is 0. The fourth-order valence-electron chi connectivity index (χ4n) is 2.31. The van der Waals surface area contributed by atoms with Crippen LogP contribution in [0.1, 0.15) is 11.4 Å². The van der Waals surface area contributed by atoms with E-state index in [1.165, 1.54) is 0 Å². The first kappa shape index (κ1) is 17.4. The van der Waals surface area contributed by atoms with Crippen LogP contribution in [0.2, 0.25) is 0 Å². The van der Waals surface area contributed by atoms with Crippen LogP contribution < -0.4 is 5.73 Å². The van der Waals surface area contributed by atoms with E-state index in [0.717, 1.165) is 34.2 Å². The topological polar surface area (TPSA) is 66.5 Å². The van der Waals surface area contributed by atoms with Crippen LogP contribution in [0.5, 0.6) is 0 Å². The molecule has 127 valence electrons. The molecule has 3 heterocycles. The van der Waals surface area contributed by atoms with Gasteiger partial charge >= 0.3 is 118 Å². The normalized spacial score (nSPS) is 20.2. The van der Waals surface area contributed by atoms with Crippen LogP contribution in [-0.4, -0.2) is 21.4 Å². The molecule has 0 spiro atoms. The van der Waals surface area contributed by atoms with E-state index < -0.39 is 0 Å². The molecule has 0 bridgehead atoms. The van der Waals surface area contributed by atoms with Gasteiger partial charge in [-0.1, -0.05) is 0 Å². The van der Waals surface area contributed by atoms with Crippen LogP contribution in [0, 0.1) is 0 Å². The fourth-order valence-corrected chi connectivity index (χ4v) is 2.65. The van der Waals surface area contributed by atoms with Crippen molar-refractivity contribution in [2.24, 2.45) is 15.7 Å². The van der Waals surface area contributed by atoms with E-state index in [1.54, 1.807) is 16.4 Å². The number of nitrogens with zero attached hydrogens (tertiary/aromatic N) is 2. The Morgan fingerprint density at radius 3 is 2.40 bits per heavy atom. The van der Waals surface area contributed by atoms with Gasteiger partial charge in [0.2, 0.25) is 0 Å². The molecule has 25 heavy (non-hydrogen) atoms. The van der Waals surface area contributed by atoms with Crippen LogP contribution >= 0.6 is 12.6 Å². The Hall–Kier alpha value is -2.41. The molecule has 2 aliphatic rings. The molecule has 1 aromatic heterocycles. The third-order valence-electron chi connectivity index (χ3n) is 3.38. The van der Waals surface area contributed by atoms with Crippen LogP contribution in [0.25, 0.3) is 12.2 Å². The predicted octanol–water partition coefficient (Wildman–Crippen LogP) is 3.35. The molecule has 0 unspecified atom stereocenters. The Bertz CT molecular complexity index is 936. The molecule has 0 radical (unpaired) electrons. The molecule has 0 atom stereocenters. The van der Waals surface area contributed by atoms with E-state index in [1.807, 2.05) is 54.7 Å². The maximum absolute atomic E-state index is 5.83. The van der Waals surface area contributed by atoms with Crippen molar-refractivity contribution in [2.45, 2.75) is 0 Å².